The van der Waals surface area contributed by atoms with Crippen LogP contribution in [0, 0.1) is 6.33 Å². The molecule has 15 heavy (non-hydrogen) atoms. The molecule has 3 nitrogen and oxygen atoms in total. The summed E-state index contributed by atoms with van der Waals surface area (Å²) in [6.45, 7) is -0.850. The van der Waals surface area contributed by atoms with Gasteiger partial charge in [0.25, 0.3) is 0 Å². The fraction of sp³-hybridized carbons (Fsp3) is 0.0909. The Morgan fingerprint density at radius 1 is 1.20 bits per heavy atom. The SMILES string of the molecule is FCOc1ccccc1-c1cn[c]nc1. The molecule has 0 amide bonds. The van der Waals surface area contributed by atoms with Gasteiger partial charge in [0.2, 0.25) is 6.86 Å². The number of hydrogen-bond acceptors (Lipinski definition) is 3. The number of halogens is 1. The second-order valence-electron chi connectivity index (χ2n) is 2.82. The molecule has 0 unspecified atom stereocenters. The molecule has 2 rings (SSSR count). The maximum absolute atomic E-state index is 12.1. The number of rotatable bonds is 3. The largest absolute Gasteiger partial charge is 0.462 e. The highest BCUT2D eigenvalue weighted by Crippen LogP contribution is 2.28. The molecule has 0 atom stereocenters. The van der Waals surface area contributed by atoms with E-state index >= 15 is 0 Å². The standard InChI is InChI=1S/C11H8FN2O/c12-7-15-11-4-2-1-3-10(11)9-5-13-8-14-6-9/h1-6H,7H2. The third-order valence-electron chi connectivity index (χ3n) is 1.93. The Hall–Kier alpha value is -1.97. The number of nitrogens with zero attached hydrogens (tertiary/aromatic N) is 2. The van der Waals surface area contributed by atoms with Crippen molar-refractivity contribution in [1.82, 2.24) is 9.97 Å². The zero-order chi connectivity index (χ0) is 10.5. The molecule has 0 saturated heterocycles. The Balaban J connectivity index is 2.43. The predicted octanol–water partition coefficient (Wildman–Crippen LogP) is 2.25. The number of ether oxygens (including phenoxy) is 1. The van der Waals surface area contributed by atoms with Crippen LogP contribution in [0.1, 0.15) is 0 Å². The van der Waals surface area contributed by atoms with Crippen molar-refractivity contribution in [2.75, 3.05) is 6.86 Å². The van der Waals surface area contributed by atoms with Crippen LogP contribution in [-0.2, 0) is 0 Å². The lowest BCUT2D eigenvalue weighted by Crippen LogP contribution is -1.93. The monoisotopic (exact) mass is 203 g/mol. The summed E-state index contributed by atoms with van der Waals surface area (Å²) < 4.78 is 17.0. The third kappa shape index (κ3) is 2.10. The lowest BCUT2D eigenvalue weighted by atomic mass is 10.1. The van der Waals surface area contributed by atoms with Crippen molar-refractivity contribution < 1.29 is 9.13 Å². The van der Waals surface area contributed by atoms with Gasteiger partial charge in [-0.2, -0.15) is 0 Å². The van der Waals surface area contributed by atoms with Crippen LogP contribution in [0.25, 0.3) is 11.1 Å². The molecule has 0 aliphatic rings. The molecule has 0 spiro atoms. The summed E-state index contributed by atoms with van der Waals surface area (Å²) in [6, 6.07) is 7.15. The molecular formula is C11H8FN2O. The summed E-state index contributed by atoms with van der Waals surface area (Å²) in [5.41, 5.74) is 1.54. The van der Waals surface area contributed by atoms with Crippen LogP contribution < -0.4 is 4.74 Å². The van der Waals surface area contributed by atoms with Crippen molar-refractivity contribution in [3.05, 3.63) is 43.0 Å². The highest BCUT2D eigenvalue weighted by atomic mass is 19.1. The van der Waals surface area contributed by atoms with E-state index in [4.69, 9.17) is 4.74 Å². The van der Waals surface area contributed by atoms with E-state index in [-0.39, 0.29) is 0 Å². The summed E-state index contributed by atoms with van der Waals surface area (Å²) >= 11 is 0. The summed E-state index contributed by atoms with van der Waals surface area (Å²) in [6.07, 6.45) is 5.65. The van der Waals surface area contributed by atoms with Crippen molar-refractivity contribution in [3.8, 4) is 16.9 Å². The van der Waals surface area contributed by atoms with Crippen LogP contribution >= 0.6 is 0 Å². The Morgan fingerprint density at radius 2 is 1.93 bits per heavy atom. The van der Waals surface area contributed by atoms with Crippen molar-refractivity contribution in [2.24, 2.45) is 0 Å². The zero-order valence-electron chi connectivity index (χ0n) is 7.85. The van der Waals surface area contributed by atoms with Crippen LogP contribution in [0.2, 0.25) is 0 Å². The predicted molar refractivity (Wildman–Crippen MR) is 52.9 cm³/mol. The van der Waals surface area contributed by atoms with Gasteiger partial charge in [-0.05, 0) is 6.07 Å². The van der Waals surface area contributed by atoms with Crippen molar-refractivity contribution in [3.63, 3.8) is 0 Å². The van der Waals surface area contributed by atoms with E-state index < -0.39 is 6.86 Å². The van der Waals surface area contributed by atoms with Gasteiger partial charge in [0.1, 0.15) is 5.75 Å². The molecule has 1 radical (unpaired) electrons. The van der Waals surface area contributed by atoms with Crippen molar-refractivity contribution >= 4 is 0 Å². The maximum atomic E-state index is 12.1. The number of alkyl halides is 1. The maximum Gasteiger partial charge on any atom is 0.228 e. The molecule has 2 aromatic rings. The fourth-order valence-corrected chi connectivity index (χ4v) is 1.29. The highest BCUT2D eigenvalue weighted by Gasteiger charge is 2.05. The molecule has 0 aliphatic heterocycles. The molecule has 75 valence electrons. The van der Waals surface area contributed by atoms with E-state index in [0.29, 0.717) is 5.75 Å². The van der Waals surface area contributed by atoms with E-state index in [1.54, 1.807) is 24.5 Å². The fourth-order valence-electron chi connectivity index (χ4n) is 1.29. The van der Waals surface area contributed by atoms with E-state index in [0.717, 1.165) is 11.1 Å². The van der Waals surface area contributed by atoms with Gasteiger partial charge in [0.15, 0.2) is 6.33 Å². The molecule has 1 heterocycles. The summed E-state index contributed by atoms with van der Waals surface area (Å²) in [5, 5.41) is 0. The Labute approximate surface area is 86.6 Å². The van der Waals surface area contributed by atoms with E-state index in [1.165, 1.54) is 0 Å². The molecule has 0 fully saturated rings. The zero-order valence-corrected chi connectivity index (χ0v) is 7.85. The minimum absolute atomic E-state index is 0.481. The first-order valence-corrected chi connectivity index (χ1v) is 4.38. The normalized spacial score (nSPS) is 9.93. The molecule has 1 aromatic carbocycles. The first-order valence-electron chi connectivity index (χ1n) is 4.38. The lowest BCUT2D eigenvalue weighted by Gasteiger charge is -2.07. The average molecular weight is 203 g/mol. The van der Waals surface area contributed by atoms with Crippen LogP contribution in [-0.4, -0.2) is 16.8 Å². The van der Waals surface area contributed by atoms with Crippen molar-refractivity contribution in [1.29, 1.82) is 0 Å². The smallest absolute Gasteiger partial charge is 0.228 e. The van der Waals surface area contributed by atoms with Gasteiger partial charge in [-0.25, -0.2) is 14.4 Å². The number of aromatic nitrogens is 2. The molecule has 4 heteroatoms. The topological polar surface area (TPSA) is 35.0 Å². The minimum atomic E-state index is -0.850. The van der Waals surface area contributed by atoms with E-state index in [2.05, 4.69) is 16.3 Å². The van der Waals surface area contributed by atoms with Gasteiger partial charge < -0.3 is 4.74 Å². The first kappa shape index (κ1) is 9.58. The average Bonchev–Trinajstić information content (AvgIpc) is 2.31. The second kappa shape index (κ2) is 4.50. The third-order valence-corrected chi connectivity index (χ3v) is 1.93. The van der Waals surface area contributed by atoms with Crippen molar-refractivity contribution in [2.45, 2.75) is 0 Å². The van der Waals surface area contributed by atoms with E-state index in [9.17, 15) is 4.39 Å². The van der Waals surface area contributed by atoms with Gasteiger partial charge in [0, 0.05) is 23.5 Å². The Morgan fingerprint density at radius 3 is 2.67 bits per heavy atom. The summed E-state index contributed by atoms with van der Waals surface area (Å²) in [5.74, 6) is 0.481. The summed E-state index contributed by atoms with van der Waals surface area (Å²) in [7, 11) is 0. The summed E-state index contributed by atoms with van der Waals surface area (Å²) in [4.78, 5) is 7.55. The molecule has 0 bridgehead atoms. The molecule has 0 aliphatic carbocycles. The highest BCUT2D eigenvalue weighted by molar-refractivity contribution is 5.68. The quantitative estimate of drug-likeness (QED) is 0.767. The molecular weight excluding hydrogens is 195 g/mol. The second-order valence-corrected chi connectivity index (χ2v) is 2.82. The molecule has 1 aromatic heterocycles. The van der Waals surface area contributed by atoms with Gasteiger partial charge in [0.05, 0.1) is 0 Å². The van der Waals surface area contributed by atoms with Crippen LogP contribution in [0.4, 0.5) is 4.39 Å². The van der Waals surface area contributed by atoms with Gasteiger partial charge in [-0.3, -0.25) is 0 Å². The van der Waals surface area contributed by atoms with Gasteiger partial charge >= 0.3 is 0 Å². The number of benzene rings is 1. The Bertz CT molecular complexity index is 434. The molecule has 0 saturated carbocycles. The number of hydrogen-bond donors (Lipinski definition) is 0. The van der Waals surface area contributed by atoms with Crippen LogP contribution in [0.3, 0.4) is 0 Å². The van der Waals surface area contributed by atoms with Gasteiger partial charge in [-0.1, -0.05) is 18.2 Å². The lowest BCUT2D eigenvalue weighted by molar-refractivity contribution is 0.192. The number of para-hydroxylation sites is 1. The van der Waals surface area contributed by atoms with Gasteiger partial charge in [-0.15, -0.1) is 0 Å². The van der Waals surface area contributed by atoms with Crippen LogP contribution in [0.5, 0.6) is 5.75 Å². The first-order chi connectivity index (χ1) is 7.42. The molecule has 0 N–H and O–H groups in total. The van der Waals surface area contributed by atoms with E-state index in [1.807, 2.05) is 12.1 Å². The van der Waals surface area contributed by atoms with Crippen LogP contribution in [0.15, 0.2) is 36.7 Å². The Kier molecular flexibility index (Phi) is 2.88. The minimum Gasteiger partial charge on any atom is -0.462 e.